The Bertz CT molecular complexity index is 3110. The molecule has 8 aromatic carbocycles. The van der Waals surface area contributed by atoms with E-state index in [2.05, 4.69) is 196 Å². The first-order chi connectivity index (χ1) is 26.3. The molecule has 3 aromatic heterocycles. The minimum absolute atomic E-state index is 0.941. The van der Waals surface area contributed by atoms with Crippen LogP contribution in [-0.4, -0.2) is 18.7 Å². The minimum atomic E-state index is 0.941. The summed E-state index contributed by atoms with van der Waals surface area (Å²) in [6, 6.07) is 69.6. The monoisotopic (exact) mass is 676 g/mol. The van der Waals surface area contributed by atoms with Gasteiger partial charge in [0.05, 0.1) is 33.1 Å². The molecule has 53 heavy (non-hydrogen) atoms. The molecule has 0 atom stereocenters. The van der Waals surface area contributed by atoms with Crippen LogP contribution in [0, 0.1) is 0 Å². The number of aromatic nitrogens is 4. The molecule has 248 valence electrons. The van der Waals surface area contributed by atoms with E-state index in [9.17, 15) is 0 Å². The van der Waals surface area contributed by atoms with Gasteiger partial charge >= 0.3 is 0 Å². The van der Waals surface area contributed by atoms with Gasteiger partial charge in [-0.15, -0.1) is 0 Å². The topological polar surface area (TPSA) is 27.7 Å². The van der Waals surface area contributed by atoms with Crippen LogP contribution in [-0.2, 0) is 0 Å². The lowest BCUT2D eigenvalue weighted by Crippen LogP contribution is -1.98. The molecule has 11 rings (SSSR count). The molecule has 0 bridgehead atoms. The lowest BCUT2D eigenvalue weighted by molar-refractivity contribution is 1.10. The fourth-order valence-electron chi connectivity index (χ4n) is 8.27. The molecule has 3 heterocycles. The Morgan fingerprint density at radius 1 is 0.283 bits per heavy atom. The van der Waals surface area contributed by atoms with Crippen molar-refractivity contribution in [1.29, 1.82) is 0 Å². The van der Waals surface area contributed by atoms with Crippen molar-refractivity contribution in [1.82, 2.24) is 18.7 Å². The molecule has 0 unspecified atom stereocenters. The Balaban J connectivity index is 1.03. The second-order valence-corrected chi connectivity index (χ2v) is 13.6. The Hall–Kier alpha value is -7.17. The Labute approximate surface area is 306 Å². The summed E-state index contributed by atoms with van der Waals surface area (Å²) in [5, 5.41) is 5.00. The fourth-order valence-corrected chi connectivity index (χ4v) is 8.27. The van der Waals surface area contributed by atoms with Crippen molar-refractivity contribution in [2.24, 2.45) is 0 Å². The SMILES string of the molecule is c1ccc(-c2nc3ccccc3n2-c2ccc(-c3ccc4c(c3)c3ccccc3n4-c3cccc(-n4c5ccccc5c5ccccc54)c3)cc2)cc1. The molecule has 0 aliphatic rings. The molecular weight excluding hydrogens is 645 g/mol. The molecular formula is C49H32N4. The summed E-state index contributed by atoms with van der Waals surface area (Å²) >= 11 is 0. The van der Waals surface area contributed by atoms with Gasteiger partial charge in [0.15, 0.2) is 0 Å². The Kier molecular flexibility index (Phi) is 6.52. The number of rotatable bonds is 5. The van der Waals surface area contributed by atoms with Crippen molar-refractivity contribution >= 4 is 54.6 Å². The highest BCUT2D eigenvalue weighted by Gasteiger charge is 2.17. The molecule has 0 saturated carbocycles. The first-order valence-corrected chi connectivity index (χ1v) is 18.1. The fraction of sp³-hybridized carbons (Fsp3) is 0. The molecule has 0 spiro atoms. The van der Waals surface area contributed by atoms with Gasteiger partial charge in [0.25, 0.3) is 0 Å². The molecule has 0 fully saturated rings. The van der Waals surface area contributed by atoms with E-state index in [4.69, 9.17) is 4.98 Å². The first-order valence-electron chi connectivity index (χ1n) is 18.1. The Morgan fingerprint density at radius 2 is 0.792 bits per heavy atom. The maximum absolute atomic E-state index is 5.04. The summed E-state index contributed by atoms with van der Waals surface area (Å²) < 4.78 is 7.06. The highest BCUT2D eigenvalue weighted by atomic mass is 15.1. The van der Waals surface area contributed by atoms with Crippen molar-refractivity contribution in [2.45, 2.75) is 0 Å². The van der Waals surface area contributed by atoms with Crippen LogP contribution in [0.3, 0.4) is 0 Å². The van der Waals surface area contributed by atoms with Crippen LogP contribution in [0.5, 0.6) is 0 Å². The van der Waals surface area contributed by atoms with Crippen molar-refractivity contribution in [2.75, 3.05) is 0 Å². The minimum Gasteiger partial charge on any atom is -0.309 e. The highest BCUT2D eigenvalue weighted by molar-refractivity contribution is 6.11. The standard InChI is InChI=1S/C49H32N4/c1-2-13-34(14-3-1)49-50-43-20-7-11-24-48(43)53(49)36-28-25-33(26-29-36)35-27-30-47-42(31-35)41-19-6-10-23-46(41)52(47)38-16-12-15-37(32-38)51-44-21-8-4-17-39(44)40-18-5-9-22-45(40)51/h1-32H. The largest absolute Gasteiger partial charge is 0.309 e. The van der Waals surface area contributed by atoms with Gasteiger partial charge in [-0.1, -0.05) is 121 Å². The van der Waals surface area contributed by atoms with Crippen LogP contribution in [0.1, 0.15) is 0 Å². The predicted octanol–water partition coefficient (Wildman–Crippen LogP) is 12.6. The van der Waals surface area contributed by atoms with Crippen LogP contribution in [0.2, 0.25) is 0 Å². The predicted molar refractivity (Wildman–Crippen MR) is 221 cm³/mol. The lowest BCUT2D eigenvalue weighted by atomic mass is 10.0. The van der Waals surface area contributed by atoms with Crippen molar-refractivity contribution in [3.05, 3.63) is 194 Å². The van der Waals surface area contributed by atoms with E-state index < -0.39 is 0 Å². The molecule has 0 N–H and O–H groups in total. The van der Waals surface area contributed by atoms with Crippen LogP contribution in [0.4, 0.5) is 0 Å². The van der Waals surface area contributed by atoms with E-state index in [-0.39, 0.29) is 0 Å². The summed E-state index contributed by atoms with van der Waals surface area (Å²) in [7, 11) is 0. The normalized spacial score (nSPS) is 11.8. The number of hydrogen-bond acceptors (Lipinski definition) is 1. The van der Waals surface area contributed by atoms with Crippen molar-refractivity contribution in [3.8, 4) is 39.6 Å². The van der Waals surface area contributed by atoms with Gasteiger partial charge in [-0.05, 0) is 83.9 Å². The second kappa shape index (κ2) is 11.7. The number of fused-ring (bicyclic) bond motifs is 7. The smallest absolute Gasteiger partial charge is 0.145 e. The number of imidazole rings is 1. The molecule has 4 nitrogen and oxygen atoms in total. The summed E-state index contributed by atoms with van der Waals surface area (Å²) in [6.45, 7) is 0. The van der Waals surface area contributed by atoms with E-state index >= 15 is 0 Å². The maximum atomic E-state index is 5.04. The first kappa shape index (κ1) is 29.5. The van der Waals surface area contributed by atoms with Gasteiger partial charge in [0.2, 0.25) is 0 Å². The molecule has 11 aromatic rings. The third-order valence-electron chi connectivity index (χ3n) is 10.7. The van der Waals surface area contributed by atoms with Gasteiger partial charge in [-0.2, -0.15) is 0 Å². The quantitative estimate of drug-likeness (QED) is 0.178. The zero-order valence-electron chi connectivity index (χ0n) is 28.8. The third kappa shape index (κ3) is 4.59. The number of benzene rings is 8. The summed E-state index contributed by atoms with van der Waals surface area (Å²) in [6.07, 6.45) is 0. The molecule has 4 heteroatoms. The van der Waals surface area contributed by atoms with Gasteiger partial charge in [0.1, 0.15) is 5.82 Å². The van der Waals surface area contributed by atoms with E-state index in [1.54, 1.807) is 0 Å². The molecule has 0 saturated heterocycles. The van der Waals surface area contributed by atoms with Crippen LogP contribution >= 0.6 is 0 Å². The highest BCUT2D eigenvalue weighted by Crippen LogP contribution is 2.37. The number of hydrogen-bond donors (Lipinski definition) is 0. The van der Waals surface area contributed by atoms with Gasteiger partial charge < -0.3 is 9.13 Å². The van der Waals surface area contributed by atoms with Crippen LogP contribution in [0.25, 0.3) is 94.2 Å². The average molecular weight is 677 g/mol. The van der Waals surface area contributed by atoms with Gasteiger partial charge in [-0.25, -0.2) is 4.98 Å². The summed E-state index contributed by atoms with van der Waals surface area (Å²) in [4.78, 5) is 5.04. The third-order valence-corrected chi connectivity index (χ3v) is 10.7. The van der Waals surface area contributed by atoms with Gasteiger partial charge in [-0.3, -0.25) is 4.57 Å². The van der Waals surface area contributed by atoms with E-state index in [1.165, 1.54) is 54.7 Å². The number of nitrogens with zero attached hydrogens (tertiary/aromatic N) is 4. The van der Waals surface area contributed by atoms with Crippen LogP contribution in [0.15, 0.2) is 194 Å². The van der Waals surface area contributed by atoms with E-state index in [0.29, 0.717) is 0 Å². The van der Waals surface area contributed by atoms with Crippen molar-refractivity contribution in [3.63, 3.8) is 0 Å². The molecule has 0 aliphatic carbocycles. The van der Waals surface area contributed by atoms with Crippen LogP contribution < -0.4 is 0 Å². The number of para-hydroxylation sites is 5. The second-order valence-electron chi connectivity index (χ2n) is 13.6. The average Bonchev–Trinajstić information content (AvgIpc) is 3.89. The summed E-state index contributed by atoms with van der Waals surface area (Å²) in [5.41, 5.74) is 13.7. The summed E-state index contributed by atoms with van der Waals surface area (Å²) in [5.74, 6) is 0.941. The molecule has 0 amide bonds. The van der Waals surface area contributed by atoms with E-state index in [1.807, 2.05) is 12.1 Å². The zero-order valence-corrected chi connectivity index (χ0v) is 28.8. The molecule has 0 radical (unpaired) electrons. The van der Waals surface area contributed by atoms with Crippen molar-refractivity contribution < 1.29 is 0 Å². The molecule has 0 aliphatic heterocycles. The zero-order chi connectivity index (χ0) is 34.9. The van der Waals surface area contributed by atoms with Gasteiger partial charge in [0, 0.05) is 44.2 Å². The lowest BCUT2D eigenvalue weighted by Gasteiger charge is -2.13. The Morgan fingerprint density at radius 3 is 1.43 bits per heavy atom. The van der Waals surface area contributed by atoms with E-state index in [0.717, 1.165) is 39.5 Å². The maximum Gasteiger partial charge on any atom is 0.145 e.